The van der Waals surface area contributed by atoms with E-state index in [0.29, 0.717) is 22.7 Å². The molecule has 0 saturated heterocycles. The van der Waals surface area contributed by atoms with Gasteiger partial charge >= 0.3 is 11.7 Å². The molecule has 9 heteroatoms. The van der Waals surface area contributed by atoms with Crippen LogP contribution in [0.15, 0.2) is 65.7 Å². The van der Waals surface area contributed by atoms with Crippen LogP contribution in [0.5, 0.6) is 17.6 Å². The van der Waals surface area contributed by atoms with Crippen LogP contribution in [-0.4, -0.2) is 31.4 Å². The van der Waals surface area contributed by atoms with Crippen LogP contribution in [0.2, 0.25) is 0 Å². The monoisotopic (exact) mass is 400 g/mol. The van der Waals surface area contributed by atoms with Crippen LogP contribution in [0.25, 0.3) is 16.9 Å². The molecule has 2 aromatic carbocycles. The molecule has 9 nitrogen and oxygen atoms in total. The molecule has 30 heavy (non-hydrogen) atoms. The summed E-state index contributed by atoms with van der Waals surface area (Å²) in [5.41, 5.74) is 2.03. The lowest BCUT2D eigenvalue weighted by atomic mass is 10.1. The second-order valence-electron chi connectivity index (χ2n) is 6.23. The number of benzene rings is 2. The first kappa shape index (κ1) is 18.9. The van der Waals surface area contributed by atoms with Crippen LogP contribution < -0.4 is 15.2 Å². The first-order valence-electron chi connectivity index (χ1n) is 8.90. The Morgan fingerprint density at radius 2 is 1.83 bits per heavy atom. The number of nitriles is 1. The van der Waals surface area contributed by atoms with Gasteiger partial charge in [-0.1, -0.05) is 24.3 Å². The summed E-state index contributed by atoms with van der Waals surface area (Å²) in [6.45, 7) is 0. The normalized spacial score (nSPS) is 10.4. The lowest BCUT2D eigenvalue weighted by molar-refractivity contribution is 0.366. The molecule has 0 aliphatic rings. The van der Waals surface area contributed by atoms with Gasteiger partial charge < -0.3 is 9.47 Å². The number of aromatic nitrogens is 5. The largest absolute Gasteiger partial charge is 0.467 e. The Kier molecular flexibility index (Phi) is 4.97. The van der Waals surface area contributed by atoms with Crippen molar-refractivity contribution in [2.75, 3.05) is 7.11 Å². The molecule has 4 aromatic rings. The van der Waals surface area contributed by atoms with Crippen LogP contribution >= 0.6 is 0 Å². The molecule has 0 spiro atoms. The number of rotatable bonds is 5. The van der Waals surface area contributed by atoms with Gasteiger partial charge in [-0.15, -0.1) is 5.10 Å². The van der Waals surface area contributed by atoms with Crippen molar-refractivity contribution < 1.29 is 9.47 Å². The average molecular weight is 400 g/mol. The minimum absolute atomic E-state index is 0.135. The molecule has 0 aliphatic carbocycles. The maximum Gasteiger partial charge on any atom is 0.353 e. The fourth-order valence-electron chi connectivity index (χ4n) is 2.87. The molecule has 0 atom stereocenters. The van der Waals surface area contributed by atoms with E-state index in [1.165, 1.54) is 29.6 Å². The zero-order chi connectivity index (χ0) is 21.1. The summed E-state index contributed by atoms with van der Waals surface area (Å²) in [5, 5.41) is 13.0. The van der Waals surface area contributed by atoms with Crippen LogP contribution in [0.3, 0.4) is 0 Å². The van der Waals surface area contributed by atoms with E-state index in [1.54, 1.807) is 54.7 Å². The minimum Gasteiger partial charge on any atom is -0.467 e. The SMILES string of the molecule is COc1nn(C)c(=O)n1-c1ccccc1Oc1cncc(-c2ccc(C#N)cc2)n1. The fourth-order valence-corrected chi connectivity index (χ4v) is 2.87. The highest BCUT2D eigenvalue weighted by molar-refractivity contribution is 5.60. The number of hydrogen-bond acceptors (Lipinski definition) is 7. The van der Waals surface area contributed by atoms with Crippen molar-refractivity contribution in [3.05, 3.63) is 77.0 Å². The minimum atomic E-state index is -0.375. The van der Waals surface area contributed by atoms with Gasteiger partial charge in [0.15, 0.2) is 5.75 Å². The Labute approximate surface area is 171 Å². The van der Waals surface area contributed by atoms with Crippen molar-refractivity contribution in [3.63, 3.8) is 0 Å². The first-order valence-corrected chi connectivity index (χ1v) is 8.90. The van der Waals surface area contributed by atoms with Gasteiger partial charge in [0.2, 0.25) is 5.88 Å². The van der Waals surface area contributed by atoms with Crippen molar-refractivity contribution in [2.45, 2.75) is 0 Å². The van der Waals surface area contributed by atoms with Crippen molar-refractivity contribution in [2.24, 2.45) is 7.05 Å². The molecule has 2 heterocycles. The van der Waals surface area contributed by atoms with Gasteiger partial charge in [0.1, 0.15) is 0 Å². The summed E-state index contributed by atoms with van der Waals surface area (Å²) < 4.78 is 13.7. The highest BCUT2D eigenvalue weighted by Gasteiger charge is 2.18. The van der Waals surface area contributed by atoms with Gasteiger partial charge in [-0.05, 0) is 24.3 Å². The first-order chi connectivity index (χ1) is 14.6. The second kappa shape index (κ2) is 7.89. The lowest BCUT2D eigenvalue weighted by Crippen LogP contribution is -2.22. The summed E-state index contributed by atoms with van der Waals surface area (Å²) in [4.78, 5) is 21.2. The predicted molar refractivity (Wildman–Crippen MR) is 108 cm³/mol. The zero-order valence-corrected chi connectivity index (χ0v) is 16.2. The molecule has 0 fully saturated rings. The summed E-state index contributed by atoms with van der Waals surface area (Å²) in [6, 6.07) is 16.2. The van der Waals surface area contributed by atoms with Gasteiger partial charge in [0, 0.05) is 12.6 Å². The topological polar surface area (TPSA) is 108 Å². The van der Waals surface area contributed by atoms with E-state index in [1.807, 2.05) is 0 Å². The van der Waals surface area contributed by atoms with Gasteiger partial charge in [-0.3, -0.25) is 4.98 Å². The highest BCUT2D eigenvalue weighted by atomic mass is 16.5. The van der Waals surface area contributed by atoms with Crippen molar-refractivity contribution in [3.8, 4) is 40.7 Å². The average Bonchev–Trinajstić information content (AvgIpc) is 3.08. The lowest BCUT2D eigenvalue weighted by Gasteiger charge is -2.11. The molecule has 0 N–H and O–H groups in total. The van der Waals surface area contributed by atoms with Gasteiger partial charge in [0.05, 0.1) is 42.5 Å². The Morgan fingerprint density at radius 1 is 1.07 bits per heavy atom. The molecule has 0 unspecified atom stereocenters. The standard InChI is InChI=1S/C21H16N6O3/c1-26-21(28)27(20(25-26)29-2)17-5-3-4-6-18(17)30-19-13-23-12-16(24-19)15-9-7-14(11-22)8-10-15/h3-10,12-13H,1-2H3. The molecule has 0 saturated carbocycles. The third-order valence-electron chi connectivity index (χ3n) is 4.32. The van der Waals surface area contributed by atoms with Crippen molar-refractivity contribution in [1.29, 1.82) is 5.26 Å². The molecule has 2 aromatic heterocycles. The van der Waals surface area contributed by atoms with Crippen LogP contribution in [-0.2, 0) is 7.05 Å². The maximum atomic E-state index is 12.5. The zero-order valence-electron chi connectivity index (χ0n) is 16.2. The summed E-state index contributed by atoms with van der Waals surface area (Å²) in [5.74, 6) is 0.636. The van der Waals surface area contributed by atoms with Crippen LogP contribution in [0.4, 0.5) is 0 Å². The molecule has 0 aliphatic heterocycles. The van der Waals surface area contributed by atoms with E-state index in [2.05, 4.69) is 21.1 Å². The van der Waals surface area contributed by atoms with E-state index in [4.69, 9.17) is 14.7 Å². The van der Waals surface area contributed by atoms with E-state index in [-0.39, 0.29) is 17.6 Å². The molecular formula is C21H16N6O3. The number of para-hydroxylation sites is 2. The fraction of sp³-hybridized carbons (Fsp3) is 0.0952. The van der Waals surface area contributed by atoms with Crippen LogP contribution in [0.1, 0.15) is 5.56 Å². The van der Waals surface area contributed by atoms with E-state index >= 15 is 0 Å². The predicted octanol–water partition coefficient (Wildman–Crippen LogP) is 2.70. The smallest absolute Gasteiger partial charge is 0.353 e. The highest BCUT2D eigenvalue weighted by Crippen LogP contribution is 2.29. The summed E-state index contributed by atoms with van der Waals surface area (Å²) in [7, 11) is 2.98. The molecular weight excluding hydrogens is 384 g/mol. The van der Waals surface area contributed by atoms with Crippen LogP contribution in [0, 0.1) is 11.3 Å². The van der Waals surface area contributed by atoms with Crippen molar-refractivity contribution in [1.82, 2.24) is 24.3 Å². The summed E-state index contributed by atoms with van der Waals surface area (Å²) >= 11 is 0. The third-order valence-corrected chi connectivity index (χ3v) is 4.32. The number of aryl methyl sites for hydroxylation is 1. The Morgan fingerprint density at radius 3 is 2.57 bits per heavy atom. The Bertz CT molecular complexity index is 1300. The number of hydrogen-bond donors (Lipinski definition) is 0. The number of nitrogens with zero attached hydrogens (tertiary/aromatic N) is 6. The van der Waals surface area contributed by atoms with Crippen molar-refractivity contribution >= 4 is 0 Å². The quantitative estimate of drug-likeness (QED) is 0.507. The maximum absolute atomic E-state index is 12.5. The van der Waals surface area contributed by atoms with Gasteiger partial charge in [-0.2, -0.15) is 5.26 Å². The van der Waals surface area contributed by atoms with E-state index in [9.17, 15) is 4.79 Å². The Balaban J connectivity index is 1.72. The van der Waals surface area contributed by atoms with E-state index < -0.39 is 0 Å². The van der Waals surface area contributed by atoms with Gasteiger partial charge in [-0.25, -0.2) is 19.0 Å². The van der Waals surface area contributed by atoms with Gasteiger partial charge in [0.25, 0.3) is 0 Å². The molecule has 148 valence electrons. The summed E-state index contributed by atoms with van der Waals surface area (Å²) in [6.07, 6.45) is 3.09. The molecule has 0 bridgehead atoms. The number of ether oxygens (including phenoxy) is 2. The Hall–Kier alpha value is -4.45. The number of methoxy groups -OCH3 is 1. The van der Waals surface area contributed by atoms with E-state index in [0.717, 1.165) is 5.56 Å². The molecule has 0 radical (unpaired) electrons. The second-order valence-corrected chi connectivity index (χ2v) is 6.23. The molecule has 4 rings (SSSR count). The third kappa shape index (κ3) is 3.49. The molecule has 0 amide bonds.